The van der Waals surface area contributed by atoms with E-state index in [0.717, 1.165) is 24.9 Å². The molecule has 2 rings (SSSR count). The highest BCUT2D eigenvalue weighted by Crippen LogP contribution is 2.25. The molecule has 3 nitrogen and oxygen atoms in total. The average molecular weight is 204 g/mol. The molecule has 1 aliphatic carbocycles. The summed E-state index contributed by atoms with van der Waals surface area (Å²) in [5, 5.41) is 2.91. The lowest BCUT2D eigenvalue weighted by atomic mass is 10.1. The van der Waals surface area contributed by atoms with Gasteiger partial charge in [-0.05, 0) is 31.4 Å². The quantitative estimate of drug-likeness (QED) is 0.771. The molecule has 1 saturated carbocycles. The van der Waals surface area contributed by atoms with E-state index in [1.54, 1.807) is 0 Å². The predicted molar refractivity (Wildman–Crippen MR) is 60.4 cm³/mol. The fraction of sp³-hybridized carbons (Fsp3) is 0.417. The Morgan fingerprint density at radius 2 is 2.00 bits per heavy atom. The molecule has 1 aromatic rings. The molecule has 0 bridgehead atoms. The van der Waals surface area contributed by atoms with Crippen molar-refractivity contribution in [3.63, 3.8) is 0 Å². The second-order valence-electron chi connectivity index (χ2n) is 4.13. The van der Waals surface area contributed by atoms with Gasteiger partial charge in [0.2, 0.25) is 5.91 Å². The van der Waals surface area contributed by atoms with Crippen molar-refractivity contribution in [3.05, 3.63) is 30.3 Å². The summed E-state index contributed by atoms with van der Waals surface area (Å²) in [5.41, 5.74) is 6.64. The zero-order chi connectivity index (χ0) is 10.7. The zero-order valence-electron chi connectivity index (χ0n) is 8.65. The number of hydrogen-bond donors (Lipinski definition) is 2. The number of carbonyl (C=O) groups is 1. The SMILES string of the molecule is NC1CCC(C(=O)Nc2ccccc2)C1. The largest absolute Gasteiger partial charge is 0.328 e. The Balaban J connectivity index is 1.93. The number of anilines is 1. The van der Waals surface area contributed by atoms with Crippen LogP contribution in [0.25, 0.3) is 0 Å². The summed E-state index contributed by atoms with van der Waals surface area (Å²) in [6, 6.07) is 9.75. The number of nitrogens with one attached hydrogen (secondary N) is 1. The normalized spacial score (nSPS) is 25.1. The number of hydrogen-bond acceptors (Lipinski definition) is 2. The van der Waals surface area contributed by atoms with E-state index < -0.39 is 0 Å². The second-order valence-corrected chi connectivity index (χ2v) is 4.13. The average Bonchev–Trinajstić information content (AvgIpc) is 2.66. The molecule has 1 aliphatic rings. The van der Waals surface area contributed by atoms with Crippen molar-refractivity contribution in [2.45, 2.75) is 25.3 Å². The van der Waals surface area contributed by atoms with Crippen LogP contribution in [-0.2, 0) is 4.79 Å². The smallest absolute Gasteiger partial charge is 0.227 e. The minimum Gasteiger partial charge on any atom is -0.328 e. The molecular formula is C12H16N2O. The van der Waals surface area contributed by atoms with E-state index in [1.807, 2.05) is 30.3 Å². The second kappa shape index (κ2) is 4.45. The lowest BCUT2D eigenvalue weighted by Crippen LogP contribution is -2.23. The van der Waals surface area contributed by atoms with Gasteiger partial charge in [-0.2, -0.15) is 0 Å². The molecule has 0 aliphatic heterocycles. The first kappa shape index (κ1) is 10.2. The van der Waals surface area contributed by atoms with Crippen LogP contribution >= 0.6 is 0 Å². The number of rotatable bonds is 2. The van der Waals surface area contributed by atoms with Crippen molar-refractivity contribution in [1.29, 1.82) is 0 Å². The first-order chi connectivity index (χ1) is 7.25. The third kappa shape index (κ3) is 2.57. The van der Waals surface area contributed by atoms with Crippen LogP contribution in [0, 0.1) is 5.92 Å². The van der Waals surface area contributed by atoms with E-state index in [9.17, 15) is 4.79 Å². The lowest BCUT2D eigenvalue weighted by Gasteiger charge is -2.10. The molecule has 0 aromatic heterocycles. The van der Waals surface area contributed by atoms with Crippen LogP contribution in [-0.4, -0.2) is 11.9 Å². The molecule has 3 heteroatoms. The lowest BCUT2D eigenvalue weighted by molar-refractivity contribution is -0.119. The minimum atomic E-state index is 0.0974. The third-order valence-corrected chi connectivity index (χ3v) is 2.89. The molecule has 2 unspecified atom stereocenters. The highest BCUT2D eigenvalue weighted by Gasteiger charge is 2.27. The Bertz CT molecular complexity index is 337. The molecule has 0 heterocycles. The Kier molecular flexibility index (Phi) is 3.02. The standard InChI is InChI=1S/C12H16N2O/c13-10-7-6-9(8-10)12(15)14-11-4-2-1-3-5-11/h1-5,9-10H,6-8,13H2,(H,14,15). The van der Waals surface area contributed by atoms with E-state index in [-0.39, 0.29) is 17.9 Å². The van der Waals surface area contributed by atoms with Crippen molar-refractivity contribution in [2.24, 2.45) is 11.7 Å². The van der Waals surface area contributed by atoms with Crippen LogP contribution < -0.4 is 11.1 Å². The molecule has 0 spiro atoms. The Labute approximate surface area is 89.7 Å². The first-order valence-corrected chi connectivity index (χ1v) is 5.37. The van der Waals surface area contributed by atoms with E-state index in [2.05, 4.69) is 5.32 Å². The first-order valence-electron chi connectivity index (χ1n) is 5.37. The van der Waals surface area contributed by atoms with Gasteiger partial charge in [0.15, 0.2) is 0 Å². The van der Waals surface area contributed by atoms with Crippen molar-refractivity contribution < 1.29 is 4.79 Å². The van der Waals surface area contributed by atoms with Crippen LogP contribution in [0.4, 0.5) is 5.69 Å². The number of nitrogens with two attached hydrogens (primary N) is 1. The Morgan fingerprint density at radius 3 is 2.60 bits per heavy atom. The number of benzene rings is 1. The van der Waals surface area contributed by atoms with Gasteiger partial charge in [0, 0.05) is 17.6 Å². The number of carbonyl (C=O) groups excluding carboxylic acids is 1. The van der Waals surface area contributed by atoms with Gasteiger partial charge in [-0.15, -0.1) is 0 Å². The van der Waals surface area contributed by atoms with Crippen LogP contribution in [0.1, 0.15) is 19.3 Å². The highest BCUT2D eigenvalue weighted by molar-refractivity contribution is 5.92. The van der Waals surface area contributed by atoms with Gasteiger partial charge in [-0.3, -0.25) is 4.79 Å². The van der Waals surface area contributed by atoms with Gasteiger partial charge in [-0.1, -0.05) is 18.2 Å². The van der Waals surface area contributed by atoms with Crippen molar-refractivity contribution in [1.82, 2.24) is 0 Å². The van der Waals surface area contributed by atoms with Crippen LogP contribution in [0.3, 0.4) is 0 Å². The summed E-state index contributed by atoms with van der Waals surface area (Å²) >= 11 is 0. The van der Waals surface area contributed by atoms with E-state index in [1.165, 1.54) is 0 Å². The fourth-order valence-electron chi connectivity index (χ4n) is 2.02. The fourth-order valence-corrected chi connectivity index (χ4v) is 2.02. The molecule has 80 valence electrons. The topological polar surface area (TPSA) is 55.1 Å². The highest BCUT2D eigenvalue weighted by atomic mass is 16.1. The monoisotopic (exact) mass is 204 g/mol. The summed E-state index contributed by atoms with van der Waals surface area (Å²) < 4.78 is 0. The number of para-hydroxylation sites is 1. The summed E-state index contributed by atoms with van der Waals surface area (Å²) in [4.78, 5) is 11.8. The Hall–Kier alpha value is -1.35. The summed E-state index contributed by atoms with van der Waals surface area (Å²) in [7, 11) is 0. The molecule has 1 amide bonds. The van der Waals surface area contributed by atoms with Gasteiger partial charge in [-0.25, -0.2) is 0 Å². The third-order valence-electron chi connectivity index (χ3n) is 2.89. The summed E-state index contributed by atoms with van der Waals surface area (Å²) in [5.74, 6) is 0.203. The molecule has 1 aromatic carbocycles. The Morgan fingerprint density at radius 1 is 1.27 bits per heavy atom. The van der Waals surface area contributed by atoms with Crippen LogP contribution in [0.2, 0.25) is 0 Å². The molecule has 15 heavy (non-hydrogen) atoms. The molecule has 1 fully saturated rings. The zero-order valence-corrected chi connectivity index (χ0v) is 8.65. The molecule has 0 radical (unpaired) electrons. The molecule has 3 N–H and O–H groups in total. The van der Waals surface area contributed by atoms with Gasteiger partial charge in [0.25, 0.3) is 0 Å². The van der Waals surface area contributed by atoms with E-state index >= 15 is 0 Å². The van der Waals surface area contributed by atoms with Gasteiger partial charge in [0.05, 0.1) is 0 Å². The number of amides is 1. The van der Waals surface area contributed by atoms with Gasteiger partial charge in [0.1, 0.15) is 0 Å². The molecular weight excluding hydrogens is 188 g/mol. The minimum absolute atomic E-state index is 0.0974. The predicted octanol–water partition coefficient (Wildman–Crippen LogP) is 1.75. The van der Waals surface area contributed by atoms with Gasteiger partial charge >= 0.3 is 0 Å². The van der Waals surface area contributed by atoms with Crippen LogP contribution in [0.15, 0.2) is 30.3 Å². The maximum absolute atomic E-state index is 11.8. The maximum atomic E-state index is 11.8. The van der Waals surface area contributed by atoms with E-state index in [4.69, 9.17) is 5.73 Å². The van der Waals surface area contributed by atoms with E-state index in [0.29, 0.717) is 0 Å². The van der Waals surface area contributed by atoms with Crippen molar-refractivity contribution >= 4 is 11.6 Å². The van der Waals surface area contributed by atoms with Crippen molar-refractivity contribution in [2.75, 3.05) is 5.32 Å². The maximum Gasteiger partial charge on any atom is 0.227 e. The summed E-state index contributed by atoms with van der Waals surface area (Å²) in [6.45, 7) is 0. The summed E-state index contributed by atoms with van der Waals surface area (Å²) in [6.07, 6.45) is 2.70. The molecule has 0 saturated heterocycles. The van der Waals surface area contributed by atoms with Crippen LogP contribution in [0.5, 0.6) is 0 Å². The van der Waals surface area contributed by atoms with Gasteiger partial charge < -0.3 is 11.1 Å². The van der Waals surface area contributed by atoms with Crippen molar-refractivity contribution in [3.8, 4) is 0 Å². The molecule has 2 atom stereocenters.